The van der Waals surface area contributed by atoms with Gasteiger partial charge < -0.3 is 19.3 Å². The summed E-state index contributed by atoms with van der Waals surface area (Å²) in [7, 11) is 7.38. The van der Waals surface area contributed by atoms with Crippen LogP contribution in [0.1, 0.15) is 29.3 Å². The Bertz CT molecular complexity index is 776. The minimum atomic E-state index is -0.0762. The monoisotopic (exact) mass is 434 g/mol. The fraction of sp³-hybridized carbons (Fsp3) is 0.381. The van der Waals surface area contributed by atoms with Gasteiger partial charge in [0, 0.05) is 38.9 Å². The summed E-state index contributed by atoms with van der Waals surface area (Å²) in [6.07, 6.45) is 0.894. The zero-order valence-electron chi connectivity index (χ0n) is 16.6. The number of halogens is 1. The second-order valence-corrected chi connectivity index (χ2v) is 7.41. The van der Waals surface area contributed by atoms with Crippen molar-refractivity contribution in [3.63, 3.8) is 0 Å². The third-order valence-corrected chi connectivity index (χ3v) is 4.74. The van der Waals surface area contributed by atoms with Crippen LogP contribution in [0.15, 0.2) is 40.9 Å². The summed E-state index contributed by atoms with van der Waals surface area (Å²) >= 11 is 3.49. The summed E-state index contributed by atoms with van der Waals surface area (Å²) in [6.45, 7) is 3.16. The lowest BCUT2D eigenvalue weighted by Crippen LogP contribution is -2.26. The number of benzene rings is 2. The molecule has 0 aliphatic heterocycles. The van der Waals surface area contributed by atoms with E-state index in [-0.39, 0.29) is 5.91 Å². The number of nitrogens with zero attached hydrogens (tertiary/aromatic N) is 2. The average molecular weight is 435 g/mol. The molecule has 6 heteroatoms. The van der Waals surface area contributed by atoms with Crippen molar-refractivity contribution in [1.82, 2.24) is 4.90 Å². The minimum Gasteiger partial charge on any atom is -0.493 e. The number of carbonyl (C=O) groups excluding carboxylic acids is 1. The van der Waals surface area contributed by atoms with Crippen LogP contribution in [-0.4, -0.2) is 45.7 Å². The zero-order chi connectivity index (χ0) is 20.0. The van der Waals surface area contributed by atoms with Gasteiger partial charge in [0.2, 0.25) is 0 Å². The molecule has 0 atom stereocenters. The smallest absolute Gasteiger partial charge is 0.254 e. The van der Waals surface area contributed by atoms with Gasteiger partial charge >= 0.3 is 0 Å². The first-order chi connectivity index (χ1) is 12.9. The van der Waals surface area contributed by atoms with E-state index in [1.165, 1.54) is 0 Å². The zero-order valence-corrected chi connectivity index (χ0v) is 18.2. The van der Waals surface area contributed by atoms with Crippen LogP contribution in [0, 0.1) is 0 Å². The van der Waals surface area contributed by atoms with Crippen LogP contribution in [0.25, 0.3) is 0 Å². The summed E-state index contributed by atoms with van der Waals surface area (Å²) in [4.78, 5) is 16.6. The van der Waals surface area contributed by atoms with Gasteiger partial charge in [0.15, 0.2) is 11.5 Å². The lowest BCUT2D eigenvalue weighted by molar-refractivity contribution is 0.0784. The highest BCUT2D eigenvalue weighted by Crippen LogP contribution is 2.37. The normalized spacial score (nSPS) is 10.4. The van der Waals surface area contributed by atoms with Crippen molar-refractivity contribution in [2.45, 2.75) is 19.9 Å². The molecule has 0 aliphatic rings. The molecule has 0 N–H and O–H groups in total. The number of hydrogen-bond donors (Lipinski definition) is 0. The van der Waals surface area contributed by atoms with Gasteiger partial charge in [-0.15, -0.1) is 0 Å². The minimum absolute atomic E-state index is 0.0762. The molecule has 1 amide bonds. The highest BCUT2D eigenvalue weighted by atomic mass is 79.9. The molecule has 0 unspecified atom stereocenters. The van der Waals surface area contributed by atoms with Crippen LogP contribution >= 0.6 is 15.9 Å². The van der Waals surface area contributed by atoms with Gasteiger partial charge in [-0.1, -0.05) is 19.1 Å². The molecule has 5 nitrogen and oxygen atoms in total. The molecular weight excluding hydrogens is 408 g/mol. The van der Waals surface area contributed by atoms with Crippen LogP contribution in [0.4, 0.5) is 5.69 Å². The SMILES string of the molecule is CCCOc1c(Br)cc(C(=O)N(C)Cc2ccc(N(C)C)cc2)cc1OC. The fourth-order valence-electron chi connectivity index (χ4n) is 2.65. The van der Waals surface area contributed by atoms with E-state index in [4.69, 9.17) is 9.47 Å². The van der Waals surface area contributed by atoms with E-state index >= 15 is 0 Å². The molecule has 0 saturated carbocycles. The van der Waals surface area contributed by atoms with Crippen molar-refractivity contribution in [3.8, 4) is 11.5 Å². The molecule has 0 heterocycles. The van der Waals surface area contributed by atoms with Crippen molar-refractivity contribution in [1.29, 1.82) is 0 Å². The standard InChI is InChI=1S/C21H27BrN2O3/c1-6-11-27-20-18(22)12-16(13-19(20)26-5)21(25)24(4)14-15-7-9-17(10-8-15)23(2)3/h7-10,12-13H,6,11,14H2,1-5H3. The summed E-state index contributed by atoms with van der Waals surface area (Å²) in [5.41, 5.74) is 2.75. The maximum Gasteiger partial charge on any atom is 0.254 e. The molecular formula is C21H27BrN2O3. The molecule has 0 fully saturated rings. The summed E-state index contributed by atoms with van der Waals surface area (Å²) in [5.74, 6) is 1.09. The van der Waals surface area contributed by atoms with Crippen LogP contribution in [-0.2, 0) is 6.54 Å². The van der Waals surface area contributed by atoms with Gasteiger partial charge in [-0.05, 0) is 52.2 Å². The van der Waals surface area contributed by atoms with E-state index in [1.807, 2.05) is 50.2 Å². The lowest BCUT2D eigenvalue weighted by atomic mass is 10.1. The second-order valence-electron chi connectivity index (χ2n) is 6.56. The molecule has 0 aromatic heterocycles. The topological polar surface area (TPSA) is 42.0 Å². The van der Waals surface area contributed by atoms with Crippen LogP contribution in [0.5, 0.6) is 11.5 Å². The molecule has 0 spiro atoms. The van der Waals surface area contributed by atoms with Gasteiger partial charge in [0.1, 0.15) is 0 Å². The number of anilines is 1. The Kier molecular flexibility index (Phi) is 7.54. The fourth-order valence-corrected chi connectivity index (χ4v) is 3.21. The quantitative estimate of drug-likeness (QED) is 0.609. The van der Waals surface area contributed by atoms with E-state index in [9.17, 15) is 4.79 Å². The van der Waals surface area contributed by atoms with Crippen LogP contribution in [0.3, 0.4) is 0 Å². The van der Waals surface area contributed by atoms with Gasteiger partial charge in [-0.3, -0.25) is 4.79 Å². The van der Waals surface area contributed by atoms with E-state index in [0.717, 1.165) is 17.7 Å². The Morgan fingerprint density at radius 1 is 1.11 bits per heavy atom. The number of rotatable bonds is 8. The predicted molar refractivity (Wildman–Crippen MR) is 113 cm³/mol. The van der Waals surface area contributed by atoms with Crippen molar-refractivity contribution in [2.75, 3.05) is 39.8 Å². The molecule has 2 aromatic carbocycles. The van der Waals surface area contributed by atoms with E-state index < -0.39 is 0 Å². The first kappa shape index (κ1) is 21.1. The van der Waals surface area contributed by atoms with Gasteiger partial charge in [0.05, 0.1) is 18.2 Å². The Morgan fingerprint density at radius 2 is 1.78 bits per heavy atom. The summed E-state index contributed by atoms with van der Waals surface area (Å²) < 4.78 is 11.9. The molecule has 0 radical (unpaired) electrons. The Hall–Kier alpha value is -2.21. The average Bonchev–Trinajstić information content (AvgIpc) is 2.66. The maximum atomic E-state index is 12.9. The van der Waals surface area contributed by atoms with Crippen molar-refractivity contribution in [3.05, 3.63) is 52.0 Å². The first-order valence-electron chi connectivity index (χ1n) is 8.89. The largest absolute Gasteiger partial charge is 0.493 e. The van der Waals surface area contributed by atoms with Gasteiger partial charge in [-0.2, -0.15) is 0 Å². The maximum absolute atomic E-state index is 12.9. The molecule has 2 rings (SSSR count). The number of methoxy groups -OCH3 is 1. The Balaban J connectivity index is 2.17. The third kappa shape index (κ3) is 5.39. The number of amides is 1. The van der Waals surface area contributed by atoms with E-state index in [1.54, 1.807) is 31.2 Å². The first-order valence-corrected chi connectivity index (χ1v) is 9.68. The molecule has 146 valence electrons. The lowest BCUT2D eigenvalue weighted by Gasteiger charge is -2.20. The predicted octanol–water partition coefficient (Wildman–Crippen LogP) is 4.58. The van der Waals surface area contributed by atoms with Crippen molar-refractivity contribution < 1.29 is 14.3 Å². The highest BCUT2D eigenvalue weighted by molar-refractivity contribution is 9.10. The highest BCUT2D eigenvalue weighted by Gasteiger charge is 2.18. The third-order valence-electron chi connectivity index (χ3n) is 4.15. The number of carbonyl (C=O) groups is 1. The van der Waals surface area contributed by atoms with Gasteiger partial charge in [0.25, 0.3) is 5.91 Å². The number of ether oxygens (including phenoxy) is 2. The van der Waals surface area contributed by atoms with E-state index in [0.29, 0.717) is 34.7 Å². The Morgan fingerprint density at radius 3 is 2.33 bits per heavy atom. The molecule has 0 aliphatic carbocycles. The molecule has 27 heavy (non-hydrogen) atoms. The van der Waals surface area contributed by atoms with E-state index in [2.05, 4.69) is 15.9 Å². The molecule has 0 saturated heterocycles. The summed E-state index contributed by atoms with van der Waals surface area (Å²) in [6, 6.07) is 11.7. The summed E-state index contributed by atoms with van der Waals surface area (Å²) in [5, 5.41) is 0. The molecule has 2 aromatic rings. The molecule has 0 bridgehead atoms. The van der Waals surface area contributed by atoms with Crippen LogP contribution in [0.2, 0.25) is 0 Å². The second kappa shape index (κ2) is 9.65. The Labute approximate surface area is 170 Å². The van der Waals surface area contributed by atoms with Crippen LogP contribution < -0.4 is 14.4 Å². The van der Waals surface area contributed by atoms with Crippen molar-refractivity contribution in [2.24, 2.45) is 0 Å². The van der Waals surface area contributed by atoms with Gasteiger partial charge in [-0.25, -0.2) is 0 Å². The van der Waals surface area contributed by atoms with Crippen molar-refractivity contribution >= 4 is 27.5 Å². The number of hydrogen-bond acceptors (Lipinski definition) is 4.